The number of hydrogen-bond acceptors (Lipinski definition) is 5. The van der Waals surface area contributed by atoms with Crippen LogP contribution in [0.2, 0.25) is 5.15 Å². The summed E-state index contributed by atoms with van der Waals surface area (Å²) in [7, 11) is 4.04. The molecule has 6 heteroatoms. The van der Waals surface area contributed by atoms with Crippen LogP contribution in [0.1, 0.15) is 19.4 Å². The highest BCUT2D eigenvalue weighted by Crippen LogP contribution is 2.28. The van der Waals surface area contributed by atoms with Gasteiger partial charge in [0.25, 0.3) is 0 Å². The molecule has 0 atom stereocenters. The van der Waals surface area contributed by atoms with Crippen LogP contribution in [-0.4, -0.2) is 35.5 Å². The molecule has 0 aliphatic rings. The highest BCUT2D eigenvalue weighted by molar-refractivity contribution is 7.10. The van der Waals surface area contributed by atoms with Crippen LogP contribution in [-0.2, 0) is 0 Å². The predicted molar refractivity (Wildman–Crippen MR) is 68.1 cm³/mol. The van der Waals surface area contributed by atoms with Gasteiger partial charge in [0.05, 0.1) is 0 Å². The van der Waals surface area contributed by atoms with Gasteiger partial charge in [-0.15, -0.1) is 0 Å². The summed E-state index contributed by atoms with van der Waals surface area (Å²) in [5.41, 5.74) is 0.435. The zero-order valence-electron chi connectivity index (χ0n) is 9.83. The van der Waals surface area contributed by atoms with Crippen LogP contribution in [0.4, 0.5) is 5.00 Å². The molecule has 0 radical (unpaired) electrons. The first-order valence-corrected chi connectivity index (χ1v) is 6.00. The quantitative estimate of drug-likeness (QED) is 0.901. The fourth-order valence-electron chi connectivity index (χ4n) is 0.943. The molecule has 1 aromatic heterocycles. The van der Waals surface area contributed by atoms with E-state index in [-0.39, 0.29) is 10.7 Å². The molecule has 4 nitrogen and oxygen atoms in total. The minimum Gasteiger partial charge on any atom is -0.373 e. The lowest BCUT2D eigenvalue weighted by molar-refractivity contribution is 0.210. The summed E-state index contributed by atoms with van der Waals surface area (Å²) in [6.07, 6.45) is 0. The van der Waals surface area contributed by atoms with Gasteiger partial charge in [-0.05, 0) is 39.5 Å². The Balaban J connectivity index is 2.73. The van der Waals surface area contributed by atoms with E-state index in [1.165, 1.54) is 11.5 Å². The van der Waals surface area contributed by atoms with Gasteiger partial charge < -0.3 is 10.2 Å². The van der Waals surface area contributed by atoms with Gasteiger partial charge in [0.1, 0.15) is 16.6 Å². The summed E-state index contributed by atoms with van der Waals surface area (Å²) in [5, 5.41) is 13.1. The first-order chi connectivity index (χ1) is 7.38. The standard InChI is InChI=1S/C10H15ClN4S/c1-10(2,15(3)4)6-13-9-7(5-12)8(11)14-16-9/h13H,6H2,1-4H3. The highest BCUT2D eigenvalue weighted by Gasteiger charge is 2.21. The Morgan fingerprint density at radius 1 is 1.56 bits per heavy atom. The third kappa shape index (κ3) is 2.85. The minimum absolute atomic E-state index is 0.00317. The van der Waals surface area contributed by atoms with Crippen molar-refractivity contribution in [3.8, 4) is 6.07 Å². The average molecular weight is 259 g/mol. The van der Waals surface area contributed by atoms with E-state index in [2.05, 4.69) is 28.4 Å². The molecule has 0 saturated heterocycles. The number of aromatic nitrogens is 1. The molecule has 0 aliphatic carbocycles. The summed E-state index contributed by atoms with van der Waals surface area (Å²) in [4.78, 5) is 2.12. The maximum Gasteiger partial charge on any atom is 0.162 e. The van der Waals surface area contributed by atoms with Crippen LogP contribution in [0, 0.1) is 11.3 Å². The Morgan fingerprint density at radius 2 is 2.19 bits per heavy atom. The van der Waals surface area contributed by atoms with Gasteiger partial charge in [-0.25, -0.2) is 0 Å². The number of nitriles is 1. The summed E-state index contributed by atoms with van der Waals surface area (Å²) in [6, 6.07) is 2.05. The second-order valence-corrected chi connectivity index (χ2v) is 5.48. The van der Waals surface area contributed by atoms with Crippen LogP contribution in [0.15, 0.2) is 0 Å². The average Bonchev–Trinajstić information content (AvgIpc) is 2.56. The number of rotatable bonds is 4. The zero-order valence-corrected chi connectivity index (χ0v) is 11.4. The fraction of sp³-hybridized carbons (Fsp3) is 0.600. The third-order valence-electron chi connectivity index (χ3n) is 2.65. The number of anilines is 1. The number of likely N-dealkylation sites (N-methyl/N-ethyl adjacent to an activating group) is 1. The molecule has 1 heterocycles. The Morgan fingerprint density at radius 3 is 2.69 bits per heavy atom. The molecule has 1 N–H and O–H groups in total. The molecule has 0 bridgehead atoms. The molecule has 0 saturated carbocycles. The number of nitrogens with one attached hydrogen (secondary N) is 1. The van der Waals surface area contributed by atoms with E-state index < -0.39 is 0 Å². The van der Waals surface area contributed by atoms with E-state index in [0.29, 0.717) is 5.56 Å². The van der Waals surface area contributed by atoms with E-state index >= 15 is 0 Å². The summed E-state index contributed by atoms with van der Waals surface area (Å²) < 4.78 is 3.94. The van der Waals surface area contributed by atoms with Crippen LogP contribution in [0.25, 0.3) is 0 Å². The second kappa shape index (κ2) is 5.00. The molecule has 16 heavy (non-hydrogen) atoms. The Labute approximate surface area is 105 Å². The van der Waals surface area contributed by atoms with Gasteiger partial charge in [0.15, 0.2) is 5.15 Å². The van der Waals surface area contributed by atoms with Crippen molar-refractivity contribution in [1.29, 1.82) is 5.26 Å². The van der Waals surface area contributed by atoms with Crippen molar-refractivity contribution in [2.24, 2.45) is 0 Å². The van der Waals surface area contributed by atoms with Crippen molar-refractivity contribution >= 4 is 28.1 Å². The lowest BCUT2D eigenvalue weighted by Crippen LogP contribution is -2.44. The SMILES string of the molecule is CN(C)C(C)(C)CNc1snc(Cl)c1C#N. The zero-order chi connectivity index (χ0) is 12.3. The maximum absolute atomic E-state index is 8.91. The molecular weight excluding hydrogens is 244 g/mol. The summed E-state index contributed by atoms with van der Waals surface area (Å²) in [6.45, 7) is 4.97. The highest BCUT2D eigenvalue weighted by atomic mass is 35.5. The summed E-state index contributed by atoms with van der Waals surface area (Å²) >= 11 is 7.00. The Bertz CT molecular complexity index is 405. The van der Waals surface area contributed by atoms with E-state index in [1.807, 2.05) is 20.2 Å². The monoisotopic (exact) mass is 258 g/mol. The molecule has 0 aromatic carbocycles. The van der Waals surface area contributed by atoms with Gasteiger partial charge in [-0.2, -0.15) is 9.64 Å². The molecule has 88 valence electrons. The summed E-state index contributed by atoms with van der Waals surface area (Å²) in [5.74, 6) is 0. The normalized spacial score (nSPS) is 11.6. The van der Waals surface area contributed by atoms with Gasteiger partial charge >= 0.3 is 0 Å². The maximum atomic E-state index is 8.91. The molecular formula is C10H15ClN4S. The topological polar surface area (TPSA) is 52.0 Å². The molecule has 0 fully saturated rings. The van der Waals surface area contributed by atoms with Gasteiger partial charge in [-0.1, -0.05) is 11.6 Å². The molecule has 0 unspecified atom stereocenters. The smallest absolute Gasteiger partial charge is 0.162 e. The molecule has 1 aromatic rings. The molecule has 1 rings (SSSR count). The number of nitrogens with zero attached hydrogens (tertiary/aromatic N) is 3. The van der Waals surface area contributed by atoms with Gasteiger partial charge in [-0.3, -0.25) is 0 Å². The molecule has 0 amide bonds. The first-order valence-electron chi connectivity index (χ1n) is 4.85. The van der Waals surface area contributed by atoms with E-state index in [9.17, 15) is 0 Å². The van der Waals surface area contributed by atoms with Crippen LogP contribution in [0.5, 0.6) is 0 Å². The third-order valence-corrected chi connectivity index (χ3v) is 3.83. The van der Waals surface area contributed by atoms with E-state index in [4.69, 9.17) is 16.9 Å². The minimum atomic E-state index is 0.00317. The van der Waals surface area contributed by atoms with Crippen molar-refractivity contribution in [2.75, 3.05) is 26.0 Å². The van der Waals surface area contributed by atoms with Crippen molar-refractivity contribution < 1.29 is 0 Å². The van der Waals surface area contributed by atoms with Crippen molar-refractivity contribution in [1.82, 2.24) is 9.27 Å². The Kier molecular flexibility index (Phi) is 4.14. The number of halogens is 1. The van der Waals surface area contributed by atoms with Crippen molar-refractivity contribution in [3.05, 3.63) is 10.7 Å². The van der Waals surface area contributed by atoms with Crippen molar-refractivity contribution in [2.45, 2.75) is 19.4 Å². The van der Waals surface area contributed by atoms with Crippen LogP contribution in [0.3, 0.4) is 0 Å². The lowest BCUT2D eigenvalue weighted by atomic mass is 10.0. The second-order valence-electron chi connectivity index (χ2n) is 4.35. The predicted octanol–water partition coefficient (Wildman–Crippen LogP) is 2.42. The number of hydrogen-bond donors (Lipinski definition) is 1. The van der Waals surface area contributed by atoms with E-state index in [1.54, 1.807) is 0 Å². The largest absolute Gasteiger partial charge is 0.373 e. The first kappa shape index (κ1) is 13.2. The Hall–Kier alpha value is -0.830. The van der Waals surface area contributed by atoms with Crippen LogP contribution >= 0.6 is 23.1 Å². The van der Waals surface area contributed by atoms with Crippen molar-refractivity contribution in [3.63, 3.8) is 0 Å². The van der Waals surface area contributed by atoms with Crippen LogP contribution < -0.4 is 5.32 Å². The lowest BCUT2D eigenvalue weighted by Gasteiger charge is -2.32. The molecule has 0 aliphatic heterocycles. The molecule has 0 spiro atoms. The van der Waals surface area contributed by atoms with E-state index in [0.717, 1.165) is 11.5 Å². The van der Waals surface area contributed by atoms with Gasteiger partial charge in [0, 0.05) is 12.1 Å². The van der Waals surface area contributed by atoms with Gasteiger partial charge in [0.2, 0.25) is 0 Å². The fourth-order valence-corrected chi connectivity index (χ4v) is 1.87.